The van der Waals surface area contributed by atoms with Crippen molar-refractivity contribution in [3.8, 4) is 5.69 Å². The van der Waals surface area contributed by atoms with Crippen molar-refractivity contribution in [1.82, 2.24) is 14.3 Å². The topological polar surface area (TPSA) is 56.9 Å². The van der Waals surface area contributed by atoms with E-state index in [2.05, 4.69) is 5.10 Å². The number of fused-ring (bicyclic) bond motifs is 1. The molecule has 0 N–H and O–H groups in total. The molecule has 3 aromatic heterocycles. The lowest BCUT2D eigenvalue weighted by Gasteiger charge is -2.13. The van der Waals surface area contributed by atoms with E-state index >= 15 is 0 Å². The van der Waals surface area contributed by atoms with Crippen LogP contribution < -0.4 is 5.56 Å². The molecule has 4 rings (SSSR count). The van der Waals surface area contributed by atoms with E-state index in [9.17, 15) is 14.0 Å². The number of hydrogen-bond donors (Lipinski definition) is 0. The number of halogens is 1. The molecule has 5 nitrogen and oxygen atoms in total. The Hall–Kier alpha value is -3.06. The van der Waals surface area contributed by atoms with Gasteiger partial charge in [-0.25, -0.2) is 9.07 Å². The zero-order valence-electron chi connectivity index (χ0n) is 16.6. The molecule has 4 aromatic rings. The van der Waals surface area contributed by atoms with Crippen LogP contribution in [0.3, 0.4) is 0 Å². The van der Waals surface area contributed by atoms with Crippen molar-refractivity contribution in [1.29, 1.82) is 0 Å². The maximum absolute atomic E-state index is 13.9. The molecule has 1 aromatic carbocycles. The van der Waals surface area contributed by atoms with Crippen molar-refractivity contribution in [2.45, 2.75) is 34.2 Å². The Morgan fingerprint density at radius 3 is 2.62 bits per heavy atom. The van der Waals surface area contributed by atoms with Gasteiger partial charge in [0.05, 0.1) is 22.8 Å². The summed E-state index contributed by atoms with van der Waals surface area (Å²) in [6.45, 7) is 7.91. The van der Waals surface area contributed by atoms with Gasteiger partial charge in [0.2, 0.25) is 0 Å². The van der Waals surface area contributed by atoms with Crippen LogP contribution in [0, 0.1) is 33.5 Å². The number of carbonyl (C=O) groups is 1. The van der Waals surface area contributed by atoms with Crippen LogP contribution in [0.15, 0.2) is 35.1 Å². The minimum absolute atomic E-state index is 0.187. The fourth-order valence-electron chi connectivity index (χ4n) is 3.76. The Balaban J connectivity index is 2.05. The lowest BCUT2D eigenvalue weighted by atomic mass is 10.1. The fraction of sp³-hybridized carbons (Fsp3) is 0.227. The number of thiophene rings is 1. The molecule has 0 fully saturated rings. The Labute approximate surface area is 171 Å². The number of aromatic nitrogens is 3. The van der Waals surface area contributed by atoms with Gasteiger partial charge in [-0.05, 0) is 62.6 Å². The molecule has 148 valence electrons. The van der Waals surface area contributed by atoms with Gasteiger partial charge in [0.25, 0.3) is 5.56 Å². The number of nitrogens with zero attached hydrogens (tertiary/aromatic N) is 3. The molecule has 0 spiro atoms. The van der Waals surface area contributed by atoms with Gasteiger partial charge in [0.15, 0.2) is 6.29 Å². The molecule has 7 heteroatoms. The smallest absolute Gasteiger partial charge is 0.252 e. The summed E-state index contributed by atoms with van der Waals surface area (Å²) >= 11 is 1.43. The first-order valence-electron chi connectivity index (χ1n) is 9.21. The first-order valence-corrected chi connectivity index (χ1v) is 10.0. The molecule has 0 amide bonds. The number of pyridine rings is 1. The molecule has 0 saturated carbocycles. The molecule has 0 aliphatic rings. The van der Waals surface area contributed by atoms with Crippen molar-refractivity contribution >= 4 is 28.7 Å². The van der Waals surface area contributed by atoms with Crippen LogP contribution in [0.5, 0.6) is 0 Å². The second-order valence-corrected chi connectivity index (χ2v) is 8.43. The molecule has 0 radical (unpaired) electrons. The second kappa shape index (κ2) is 7.08. The first-order chi connectivity index (χ1) is 13.8. The Morgan fingerprint density at radius 1 is 1.17 bits per heavy atom. The molecule has 0 aliphatic carbocycles. The van der Waals surface area contributed by atoms with Gasteiger partial charge in [0.1, 0.15) is 11.5 Å². The summed E-state index contributed by atoms with van der Waals surface area (Å²) in [6, 6.07) is 7.71. The van der Waals surface area contributed by atoms with Crippen LogP contribution in [0.4, 0.5) is 4.39 Å². The molecule has 0 atom stereocenters. The van der Waals surface area contributed by atoms with E-state index in [4.69, 9.17) is 0 Å². The van der Waals surface area contributed by atoms with E-state index in [0.717, 1.165) is 38.9 Å². The lowest BCUT2D eigenvalue weighted by molar-refractivity contribution is 0.112. The van der Waals surface area contributed by atoms with Gasteiger partial charge in [-0.1, -0.05) is 6.07 Å². The van der Waals surface area contributed by atoms with Gasteiger partial charge in [0, 0.05) is 16.3 Å². The minimum atomic E-state index is -0.377. The first kappa shape index (κ1) is 19.3. The summed E-state index contributed by atoms with van der Waals surface area (Å²) in [4.78, 5) is 26.2. The largest absolute Gasteiger partial charge is 0.297 e. The minimum Gasteiger partial charge on any atom is -0.297 e. The van der Waals surface area contributed by atoms with E-state index in [-0.39, 0.29) is 17.9 Å². The van der Waals surface area contributed by atoms with Crippen molar-refractivity contribution in [3.63, 3.8) is 0 Å². The molecular weight excluding hydrogens is 389 g/mol. The lowest BCUT2D eigenvalue weighted by Crippen LogP contribution is -2.23. The number of aryl methyl sites for hydroxylation is 3. The molecule has 0 saturated heterocycles. The molecule has 3 heterocycles. The summed E-state index contributed by atoms with van der Waals surface area (Å²) in [5.41, 5.74) is 4.35. The summed E-state index contributed by atoms with van der Waals surface area (Å²) in [6.07, 6.45) is 0.839. The zero-order chi connectivity index (χ0) is 20.9. The number of aldehydes is 1. The highest BCUT2D eigenvalue weighted by molar-refractivity contribution is 7.14. The standard InChI is InChI=1S/C22H20FN3O2S/c1-12-8-20(28)25(10-18-13(2)15(4)29-19(18)11-27)22-21(12)14(3)24-26(22)17-7-5-6-16(23)9-17/h5-9,11H,10H2,1-4H3. The van der Waals surface area contributed by atoms with Crippen LogP contribution in [-0.4, -0.2) is 20.6 Å². The predicted molar refractivity (Wildman–Crippen MR) is 113 cm³/mol. The maximum Gasteiger partial charge on any atom is 0.252 e. The Kier molecular flexibility index (Phi) is 4.70. The molecule has 29 heavy (non-hydrogen) atoms. The van der Waals surface area contributed by atoms with E-state index in [0.29, 0.717) is 16.2 Å². The zero-order valence-corrected chi connectivity index (χ0v) is 17.4. The van der Waals surface area contributed by atoms with Gasteiger partial charge in [-0.15, -0.1) is 11.3 Å². The number of carbonyl (C=O) groups excluding carboxylic acids is 1. The van der Waals surface area contributed by atoms with Gasteiger partial charge < -0.3 is 0 Å². The third-order valence-electron chi connectivity index (χ3n) is 5.31. The highest BCUT2D eigenvalue weighted by Crippen LogP contribution is 2.29. The predicted octanol–water partition coefficient (Wildman–Crippen LogP) is 4.48. The van der Waals surface area contributed by atoms with Crippen molar-refractivity contribution in [2.24, 2.45) is 0 Å². The average molecular weight is 409 g/mol. The van der Waals surface area contributed by atoms with E-state index in [1.54, 1.807) is 27.4 Å². The van der Waals surface area contributed by atoms with Crippen LogP contribution in [0.25, 0.3) is 16.7 Å². The van der Waals surface area contributed by atoms with Crippen LogP contribution in [0.2, 0.25) is 0 Å². The van der Waals surface area contributed by atoms with Crippen molar-refractivity contribution < 1.29 is 9.18 Å². The second-order valence-electron chi connectivity index (χ2n) is 7.17. The Bertz CT molecular complexity index is 1330. The summed E-state index contributed by atoms with van der Waals surface area (Å²) in [5, 5.41) is 5.45. The van der Waals surface area contributed by atoms with Crippen molar-refractivity contribution in [2.75, 3.05) is 0 Å². The highest BCUT2D eigenvalue weighted by Gasteiger charge is 2.20. The van der Waals surface area contributed by atoms with Crippen LogP contribution in [0.1, 0.15) is 36.9 Å². The molecule has 0 bridgehead atoms. The molecule has 0 unspecified atom stereocenters. The van der Waals surface area contributed by atoms with Crippen LogP contribution in [-0.2, 0) is 6.54 Å². The van der Waals surface area contributed by atoms with Crippen molar-refractivity contribution in [3.05, 3.63) is 78.6 Å². The monoisotopic (exact) mass is 409 g/mol. The third kappa shape index (κ3) is 3.11. The fourth-order valence-corrected chi connectivity index (χ4v) is 4.75. The number of rotatable bonds is 4. The van der Waals surface area contributed by atoms with Gasteiger partial charge >= 0.3 is 0 Å². The van der Waals surface area contributed by atoms with E-state index in [1.807, 2.05) is 27.7 Å². The Morgan fingerprint density at radius 2 is 1.93 bits per heavy atom. The van der Waals surface area contributed by atoms with E-state index in [1.165, 1.54) is 23.5 Å². The van der Waals surface area contributed by atoms with Gasteiger partial charge in [-0.3, -0.25) is 14.2 Å². The SMILES string of the molecule is Cc1sc(C=O)c(Cn2c(=O)cc(C)c3c(C)nn(-c4cccc(F)c4)c32)c1C. The summed E-state index contributed by atoms with van der Waals surface area (Å²) in [7, 11) is 0. The van der Waals surface area contributed by atoms with Crippen LogP contribution >= 0.6 is 11.3 Å². The average Bonchev–Trinajstić information content (AvgIpc) is 3.16. The number of hydrogen-bond acceptors (Lipinski definition) is 4. The van der Waals surface area contributed by atoms with E-state index < -0.39 is 0 Å². The third-order valence-corrected chi connectivity index (χ3v) is 6.48. The van der Waals surface area contributed by atoms with Gasteiger partial charge in [-0.2, -0.15) is 5.10 Å². The molecule has 0 aliphatic heterocycles. The summed E-state index contributed by atoms with van der Waals surface area (Å²) in [5.74, 6) is -0.377. The number of benzene rings is 1. The molecular formula is C22H20FN3O2S. The highest BCUT2D eigenvalue weighted by atomic mass is 32.1. The quantitative estimate of drug-likeness (QED) is 0.467. The summed E-state index contributed by atoms with van der Waals surface area (Å²) < 4.78 is 17.1. The normalized spacial score (nSPS) is 11.3. The maximum atomic E-state index is 13.9.